The lowest BCUT2D eigenvalue weighted by Crippen LogP contribution is -2.26. The number of carbonyl (C=O) groups excluding carboxylic acids is 1. The Hall–Kier alpha value is -2.01. The second-order valence-electron chi connectivity index (χ2n) is 5.87. The number of amides is 1. The van der Waals surface area contributed by atoms with Crippen LogP contribution in [-0.4, -0.2) is 16.6 Å². The van der Waals surface area contributed by atoms with Gasteiger partial charge in [0.2, 0.25) is 5.91 Å². The quantitative estimate of drug-likeness (QED) is 0.810. The zero-order valence-corrected chi connectivity index (χ0v) is 14.3. The minimum Gasteiger partial charge on any atom is -0.273 e. The van der Waals surface area contributed by atoms with Crippen molar-refractivity contribution in [2.24, 2.45) is 5.10 Å². The van der Waals surface area contributed by atoms with E-state index >= 15 is 0 Å². The third-order valence-electron chi connectivity index (χ3n) is 4.00. The molecule has 0 bridgehead atoms. The van der Waals surface area contributed by atoms with Crippen molar-refractivity contribution in [2.75, 3.05) is 0 Å². The standard InChI is InChI=1S/C18H19FN2OS/c1-4-18(22)21-16(13-6-5-11(2)7-14(13)19)9-15(20-21)17-8-12(3)10-23-17/h5-8,10,16H,4,9H2,1-3H3. The van der Waals surface area contributed by atoms with Crippen molar-refractivity contribution < 1.29 is 9.18 Å². The van der Waals surface area contributed by atoms with Crippen molar-refractivity contribution in [3.63, 3.8) is 0 Å². The van der Waals surface area contributed by atoms with Crippen LogP contribution >= 0.6 is 11.3 Å². The van der Waals surface area contributed by atoms with Crippen LogP contribution in [0.5, 0.6) is 0 Å². The number of halogens is 1. The second kappa shape index (κ2) is 6.24. The highest BCUT2D eigenvalue weighted by Crippen LogP contribution is 2.35. The molecule has 2 heterocycles. The number of aryl methyl sites for hydroxylation is 2. The third kappa shape index (κ3) is 3.06. The SMILES string of the molecule is CCC(=O)N1N=C(c2cc(C)cs2)CC1c1ccc(C)cc1F. The molecule has 1 amide bonds. The molecule has 0 saturated heterocycles. The zero-order chi connectivity index (χ0) is 16.6. The molecule has 0 saturated carbocycles. The van der Waals surface area contributed by atoms with Gasteiger partial charge in [0.1, 0.15) is 5.82 Å². The number of carbonyl (C=O) groups is 1. The van der Waals surface area contributed by atoms with Gasteiger partial charge in [-0.1, -0.05) is 19.1 Å². The molecule has 0 aliphatic carbocycles. The normalized spacial score (nSPS) is 17.5. The predicted molar refractivity (Wildman–Crippen MR) is 91.2 cm³/mol. The minimum absolute atomic E-state index is 0.0850. The van der Waals surface area contributed by atoms with Crippen molar-refractivity contribution >= 4 is 23.0 Å². The molecule has 2 aromatic rings. The van der Waals surface area contributed by atoms with Crippen LogP contribution in [0.1, 0.15) is 47.4 Å². The number of hydrogen-bond acceptors (Lipinski definition) is 3. The molecule has 1 atom stereocenters. The van der Waals surface area contributed by atoms with Gasteiger partial charge < -0.3 is 0 Å². The molecule has 5 heteroatoms. The zero-order valence-electron chi connectivity index (χ0n) is 13.5. The summed E-state index contributed by atoms with van der Waals surface area (Å²) in [5, 5.41) is 8.02. The summed E-state index contributed by atoms with van der Waals surface area (Å²) in [6, 6.07) is 6.85. The molecular weight excluding hydrogens is 311 g/mol. The van der Waals surface area contributed by atoms with Crippen LogP contribution in [0.2, 0.25) is 0 Å². The van der Waals surface area contributed by atoms with Crippen LogP contribution in [0.3, 0.4) is 0 Å². The Morgan fingerprint density at radius 2 is 2.13 bits per heavy atom. The van der Waals surface area contributed by atoms with Gasteiger partial charge in [0.25, 0.3) is 0 Å². The van der Waals surface area contributed by atoms with Gasteiger partial charge in [-0.25, -0.2) is 9.40 Å². The Balaban J connectivity index is 1.98. The molecule has 0 spiro atoms. The van der Waals surface area contributed by atoms with Crippen LogP contribution in [0.15, 0.2) is 34.7 Å². The number of hydrogen-bond donors (Lipinski definition) is 0. The van der Waals surface area contributed by atoms with Crippen molar-refractivity contribution in [1.29, 1.82) is 0 Å². The molecule has 0 radical (unpaired) electrons. The van der Waals surface area contributed by atoms with Gasteiger partial charge in [-0.3, -0.25) is 4.79 Å². The maximum atomic E-state index is 14.4. The lowest BCUT2D eigenvalue weighted by Gasteiger charge is -2.22. The lowest BCUT2D eigenvalue weighted by atomic mass is 9.99. The van der Waals surface area contributed by atoms with E-state index in [0.29, 0.717) is 18.4 Å². The van der Waals surface area contributed by atoms with Crippen LogP contribution in [0.4, 0.5) is 4.39 Å². The van der Waals surface area contributed by atoms with E-state index in [1.165, 1.54) is 16.6 Å². The van der Waals surface area contributed by atoms with Gasteiger partial charge in [-0.15, -0.1) is 11.3 Å². The first kappa shape index (κ1) is 15.9. The first-order chi connectivity index (χ1) is 11.0. The van der Waals surface area contributed by atoms with E-state index in [1.54, 1.807) is 24.3 Å². The highest BCUT2D eigenvalue weighted by molar-refractivity contribution is 7.12. The van der Waals surface area contributed by atoms with Crippen molar-refractivity contribution in [1.82, 2.24) is 5.01 Å². The fourth-order valence-electron chi connectivity index (χ4n) is 2.78. The largest absolute Gasteiger partial charge is 0.273 e. The monoisotopic (exact) mass is 330 g/mol. The van der Waals surface area contributed by atoms with E-state index in [9.17, 15) is 9.18 Å². The molecule has 0 fully saturated rings. The first-order valence-corrected chi connectivity index (χ1v) is 8.58. The van der Waals surface area contributed by atoms with Crippen molar-refractivity contribution in [2.45, 2.75) is 39.7 Å². The lowest BCUT2D eigenvalue weighted by molar-refractivity contribution is -0.132. The van der Waals surface area contributed by atoms with Gasteiger partial charge in [-0.2, -0.15) is 5.10 Å². The van der Waals surface area contributed by atoms with Gasteiger partial charge in [0.05, 0.1) is 16.6 Å². The summed E-state index contributed by atoms with van der Waals surface area (Å²) in [5.74, 6) is -0.360. The molecule has 0 N–H and O–H groups in total. The number of rotatable bonds is 3. The van der Waals surface area contributed by atoms with Crippen molar-refractivity contribution in [3.8, 4) is 0 Å². The highest BCUT2D eigenvalue weighted by Gasteiger charge is 2.34. The predicted octanol–water partition coefficient (Wildman–Crippen LogP) is 4.59. The van der Waals surface area contributed by atoms with Gasteiger partial charge >= 0.3 is 0 Å². The summed E-state index contributed by atoms with van der Waals surface area (Å²) in [6.07, 6.45) is 0.899. The molecule has 1 aliphatic rings. The van der Waals surface area contributed by atoms with E-state index in [4.69, 9.17) is 0 Å². The maximum Gasteiger partial charge on any atom is 0.242 e. The summed E-state index contributed by atoms with van der Waals surface area (Å²) in [7, 11) is 0. The van der Waals surface area contributed by atoms with E-state index < -0.39 is 0 Å². The van der Waals surface area contributed by atoms with Crippen molar-refractivity contribution in [3.05, 3.63) is 57.0 Å². The number of benzene rings is 1. The van der Waals surface area contributed by atoms with Crippen LogP contribution in [0.25, 0.3) is 0 Å². The minimum atomic E-state index is -0.361. The molecule has 23 heavy (non-hydrogen) atoms. The van der Waals surface area contributed by atoms with E-state index in [0.717, 1.165) is 16.2 Å². The summed E-state index contributed by atoms with van der Waals surface area (Å²) in [5.41, 5.74) is 3.43. The van der Waals surface area contributed by atoms with Crippen LogP contribution < -0.4 is 0 Å². The third-order valence-corrected chi connectivity index (χ3v) is 5.10. The Kier molecular flexibility index (Phi) is 4.31. The molecular formula is C18H19FN2OS. The molecule has 1 aromatic heterocycles. The fourth-order valence-corrected chi connectivity index (χ4v) is 3.67. The smallest absolute Gasteiger partial charge is 0.242 e. The Labute approximate surface area is 139 Å². The second-order valence-corrected chi connectivity index (χ2v) is 6.78. The fraction of sp³-hybridized carbons (Fsp3) is 0.333. The topological polar surface area (TPSA) is 32.7 Å². The number of nitrogens with zero attached hydrogens (tertiary/aromatic N) is 2. The molecule has 1 aliphatic heterocycles. The first-order valence-electron chi connectivity index (χ1n) is 7.70. The highest BCUT2D eigenvalue weighted by atomic mass is 32.1. The Morgan fingerprint density at radius 3 is 2.74 bits per heavy atom. The molecule has 1 aromatic carbocycles. The van der Waals surface area contributed by atoms with E-state index in [2.05, 4.69) is 16.5 Å². The molecule has 120 valence electrons. The van der Waals surface area contributed by atoms with E-state index in [-0.39, 0.29) is 17.8 Å². The molecule has 3 rings (SSSR count). The Morgan fingerprint density at radius 1 is 1.35 bits per heavy atom. The van der Waals surface area contributed by atoms with Gasteiger partial charge in [0, 0.05) is 18.4 Å². The van der Waals surface area contributed by atoms with Gasteiger partial charge in [0.15, 0.2) is 0 Å². The molecule has 3 nitrogen and oxygen atoms in total. The average molecular weight is 330 g/mol. The summed E-state index contributed by atoms with van der Waals surface area (Å²) < 4.78 is 14.4. The Bertz CT molecular complexity index is 781. The summed E-state index contributed by atoms with van der Waals surface area (Å²) in [4.78, 5) is 13.3. The number of hydrazone groups is 1. The maximum absolute atomic E-state index is 14.4. The van der Waals surface area contributed by atoms with E-state index in [1.807, 2.05) is 19.9 Å². The van der Waals surface area contributed by atoms with Crippen LogP contribution in [0, 0.1) is 19.7 Å². The van der Waals surface area contributed by atoms with Crippen LogP contribution in [-0.2, 0) is 4.79 Å². The number of thiophene rings is 1. The average Bonchev–Trinajstić information content (AvgIpc) is 3.13. The van der Waals surface area contributed by atoms with Gasteiger partial charge in [-0.05, 0) is 42.5 Å². The summed E-state index contributed by atoms with van der Waals surface area (Å²) in [6.45, 7) is 5.68. The summed E-state index contributed by atoms with van der Waals surface area (Å²) >= 11 is 1.61. The molecule has 1 unspecified atom stereocenters.